The first-order chi connectivity index (χ1) is 11.6. The van der Waals surface area contributed by atoms with Gasteiger partial charge in [0.2, 0.25) is 0 Å². The molecule has 0 saturated carbocycles. The van der Waals surface area contributed by atoms with Crippen molar-refractivity contribution >= 4 is 11.8 Å². The molecule has 0 bridgehead atoms. The molecule has 0 atom stereocenters. The Morgan fingerprint density at radius 3 is 1.92 bits per heavy atom. The lowest BCUT2D eigenvalue weighted by Crippen LogP contribution is -2.09. The van der Waals surface area contributed by atoms with Gasteiger partial charge in [-0.15, -0.1) is 0 Å². The maximum absolute atomic E-state index is 12.6. The van der Waals surface area contributed by atoms with E-state index in [1.165, 1.54) is 12.1 Å². The van der Waals surface area contributed by atoms with E-state index in [4.69, 9.17) is 0 Å². The van der Waals surface area contributed by atoms with Crippen LogP contribution in [-0.4, -0.2) is 22.0 Å². The van der Waals surface area contributed by atoms with Crippen molar-refractivity contribution < 1.29 is 19.8 Å². The Morgan fingerprint density at radius 2 is 1.29 bits per heavy atom. The maximum Gasteiger partial charge on any atom is 0.336 e. The van der Waals surface area contributed by atoms with E-state index >= 15 is 0 Å². The number of carboxylic acid groups (broad SMARTS) is 1. The van der Waals surface area contributed by atoms with Crippen LogP contribution in [-0.2, 0) is 0 Å². The van der Waals surface area contributed by atoms with Gasteiger partial charge in [0.15, 0.2) is 5.78 Å². The standard InChI is InChI=1S/C20H14O4/c21-18-8-4-3-5-15(18)13-9-11-14(12-10-13)19(22)16-6-1-2-7-17(16)20(23)24/h1-12,21H,(H,23,24). The van der Waals surface area contributed by atoms with Crippen LogP contribution in [0.1, 0.15) is 26.3 Å². The van der Waals surface area contributed by atoms with E-state index in [0.29, 0.717) is 11.1 Å². The number of phenolic OH excluding ortho intramolecular Hbond substituents is 1. The molecular weight excluding hydrogens is 304 g/mol. The third kappa shape index (κ3) is 2.90. The zero-order valence-electron chi connectivity index (χ0n) is 12.6. The number of hydrogen-bond donors (Lipinski definition) is 2. The molecule has 0 radical (unpaired) electrons. The van der Waals surface area contributed by atoms with Crippen LogP contribution < -0.4 is 0 Å². The smallest absolute Gasteiger partial charge is 0.336 e. The molecule has 0 saturated heterocycles. The summed E-state index contributed by atoms with van der Waals surface area (Å²) in [6, 6.07) is 19.8. The first-order valence-corrected chi connectivity index (χ1v) is 7.33. The zero-order valence-corrected chi connectivity index (χ0v) is 12.6. The molecule has 2 N–H and O–H groups in total. The zero-order chi connectivity index (χ0) is 17.1. The van der Waals surface area contributed by atoms with E-state index in [1.807, 2.05) is 6.07 Å². The third-order valence-electron chi connectivity index (χ3n) is 3.76. The molecular formula is C20H14O4. The van der Waals surface area contributed by atoms with Crippen LogP contribution in [0.25, 0.3) is 11.1 Å². The number of carbonyl (C=O) groups is 2. The Labute approximate surface area is 138 Å². The Balaban J connectivity index is 1.96. The summed E-state index contributed by atoms with van der Waals surface area (Å²) in [4.78, 5) is 23.8. The molecule has 0 aromatic heterocycles. The second-order valence-electron chi connectivity index (χ2n) is 5.27. The van der Waals surface area contributed by atoms with Gasteiger partial charge in [-0.2, -0.15) is 0 Å². The van der Waals surface area contributed by atoms with E-state index < -0.39 is 5.97 Å². The highest BCUT2D eigenvalue weighted by Gasteiger charge is 2.17. The summed E-state index contributed by atoms with van der Waals surface area (Å²) in [5.74, 6) is -1.32. The van der Waals surface area contributed by atoms with Crippen LogP contribution in [0.4, 0.5) is 0 Å². The first-order valence-electron chi connectivity index (χ1n) is 7.33. The van der Waals surface area contributed by atoms with Crippen LogP contribution in [0.15, 0.2) is 72.8 Å². The van der Waals surface area contributed by atoms with Crippen molar-refractivity contribution in [3.63, 3.8) is 0 Å². The van der Waals surface area contributed by atoms with Crippen molar-refractivity contribution in [3.05, 3.63) is 89.5 Å². The van der Waals surface area contributed by atoms with E-state index in [0.717, 1.165) is 5.56 Å². The van der Waals surface area contributed by atoms with Gasteiger partial charge in [-0.1, -0.05) is 60.7 Å². The second-order valence-corrected chi connectivity index (χ2v) is 5.27. The predicted octanol–water partition coefficient (Wildman–Crippen LogP) is 3.99. The Bertz CT molecular complexity index is 911. The highest BCUT2D eigenvalue weighted by molar-refractivity contribution is 6.14. The maximum atomic E-state index is 12.6. The van der Waals surface area contributed by atoms with Crippen molar-refractivity contribution in [2.75, 3.05) is 0 Å². The molecule has 0 fully saturated rings. The number of carboxylic acids is 1. The summed E-state index contributed by atoms with van der Waals surface area (Å²) >= 11 is 0. The minimum Gasteiger partial charge on any atom is -0.507 e. The molecule has 0 aliphatic heterocycles. The van der Waals surface area contributed by atoms with Crippen LogP contribution in [0.2, 0.25) is 0 Å². The number of hydrogen-bond acceptors (Lipinski definition) is 3. The van der Waals surface area contributed by atoms with Crippen molar-refractivity contribution in [1.82, 2.24) is 0 Å². The Morgan fingerprint density at radius 1 is 0.708 bits per heavy atom. The van der Waals surface area contributed by atoms with Crippen molar-refractivity contribution in [2.24, 2.45) is 0 Å². The lowest BCUT2D eigenvalue weighted by molar-refractivity contribution is 0.0693. The lowest BCUT2D eigenvalue weighted by atomic mass is 9.96. The van der Waals surface area contributed by atoms with E-state index in [9.17, 15) is 19.8 Å². The molecule has 4 heteroatoms. The van der Waals surface area contributed by atoms with Crippen LogP contribution in [0, 0.1) is 0 Å². The van der Waals surface area contributed by atoms with Crippen molar-refractivity contribution in [1.29, 1.82) is 0 Å². The number of ketones is 1. The average Bonchev–Trinajstić information content (AvgIpc) is 2.62. The normalized spacial score (nSPS) is 10.3. The van der Waals surface area contributed by atoms with Gasteiger partial charge in [0.25, 0.3) is 0 Å². The molecule has 118 valence electrons. The molecule has 0 spiro atoms. The summed E-state index contributed by atoms with van der Waals surface area (Å²) < 4.78 is 0. The first kappa shape index (κ1) is 15.5. The number of aromatic carboxylic acids is 1. The van der Waals surface area contributed by atoms with Gasteiger partial charge in [-0.05, 0) is 17.7 Å². The quantitative estimate of drug-likeness (QED) is 0.713. The van der Waals surface area contributed by atoms with E-state index in [1.54, 1.807) is 54.6 Å². The van der Waals surface area contributed by atoms with Crippen LogP contribution in [0.5, 0.6) is 5.75 Å². The van der Waals surface area contributed by atoms with Gasteiger partial charge in [-0.3, -0.25) is 4.79 Å². The number of para-hydroxylation sites is 1. The van der Waals surface area contributed by atoms with E-state index in [2.05, 4.69) is 0 Å². The van der Waals surface area contributed by atoms with Crippen LogP contribution >= 0.6 is 0 Å². The van der Waals surface area contributed by atoms with Crippen molar-refractivity contribution in [2.45, 2.75) is 0 Å². The summed E-state index contributed by atoms with van der Waals surface area (Å²) in [5.41, 5.74) is 1.97. The molecule has 0 aliphatic rings. The Kier molecular flexibility index (Phi) is 4.12. The van der Waals surface area contributed by atoms with Crippen LogP contribution in [0.3, 0.4) is 0 Å². The van der Waals surface area contributed by atoms with Gasteiger partial charge >= 0.3 is 5.97 Å². The van der Waals surface area contributed by atoms with Gasteiger partial charge < -0.3 is 10.2 Å². The van der Waals surface area contributed by atoms with Gasteiger partial charge in [0, 0.05) is 16.7 Å². The molecule has 3 aromatic rings. The number of carbonyl (C=O) groups excluding carboxylic acids is 1. The number of benzene rings is 3. The number of rotatable bonds is 4. The minimum absolute atomic E-state index is 0.0210. The molecule has 3 aromatic carbocycles. The van der Waals surface area contributed by atoms with E-state index in [-0.39, 0.29) is 22.7 Å². The predicted molar refractivity (Wildman–Crippen MR) is 90.4 cm³/mol. The molecule has 4 nitrogen and oxygen atoms in total. The monoisotopic (exact) mass is 318 g/mol. The van der Waals surface area contributed by atoms with Gasteiger partial charge in [-0.25, -0.2) is 4.79 Å². The number of aromatic hydroxyl groups is 1. The SMILES string of the molecule is O=C(O)c1ccccc1C(=O)c1ccc(-c2ccccc2O)cc1. The molecule has 3 rings (SSSR count). The van der Waals surface area contributed by atoms with Gasteiger partial charge in [0.05, 0.1) is 5.56 Å². The van der Waals surface area contributed by atoms with Gasteiger partial charge in [0.1, 0.15) is 5.75 Å². The summed E-state index contributed by atoms with van der Waals surface area (Å²) in [6.07, 6.45) is 0. The molecule has 24 heavy (non-hydrogen) atoms. The fourth-order valence-electron chi connectivity index (χ4n) is 2.54. The highest BCUT2D eigenvalue weighted by Crippen LogP contribution is 2.29. The van der Waals surface area contributed by atoms with Crippen molar-refractivity contribution in [3.8, 4) is 16.9 Å². The average molecular weight is 318 g/mol. The second kappa shape index (κ2) is 6.38. The summed E-state index contributed by atoms with van der Waals surface area (Å²) in [6.45, 7) is 0. The summed E-state index contributed by atoms with van der Waals surface area (Å²) in [5, 5.41) is 19.1. The Hall–Kier alpha value is -3.40. The molecule has 0 aliphatic carbocycles. The fourth-order valence-corrected chi connectivity index (χ4v) is 2.54. The number of phenols is 1. The summed E-state index contributed by atoms with van der Waals surface area (Å²) in [7, 11) is 0. The molecule has 0 heterocycles. The largest absolute Gasteiger partial charge is 0.507 e. The fraction of sp³-hybridized carbons (Fsp3) is 0. The highest BCUT2D eigenvalue weighted by atomic mass is 16.4. The third-order valence-corrected chi connectivity index (χ3v) is 3.76. The molecule has 0 unspecified atom stereocenters. The topological polar surface area (TPSA) is 74.6 Å². The lowest BCUT2D eigenvalue weighted by Gasteiger charge is -2.07. The molecule has 0 amide bonds. The minimum atomic E-state index is -1.13.